The molecule has 29 heavy (non-hydrogen) atoms. The van der Waals surface area contributed by atoms with Gasteiger partial charge in [0.15, 0.2) is 23.2 Å². The van der Waals surface area contributed by atoms with E-state index >= 15 is 0 Å². The van der Waals surface area contributed by atoms with Gasteiger partial charge in [0, 0.05) is 17.4 Å². The summed E-state index contributed by atoms with van der Waals surface area (Å²) in [5.41, 5.74) is -2.90. The van der Waals surface area contributed by atoms with E-state index < -0.39 is 59.6 Å². The first-order chi connectivity index (χ1) is 13.4. The number of hydrogen-bond acceptors (Lipinski definition) is 5. The number of ether oxygens (including phenoxy) is 4. The quantitative estimate of drug-likeness (QED) is 0.494. The lowest BCUT2D eigenvalue weighted by Crippen LogP contribution is -2.47. The van der Waals surface area contributed by atoms with Crippen molar-refractivity contribution in [3.8, 4) is 11.5 Å². The second-order valence-electron chi connectivity index (χ2n) is 6.59. The van der Waals surface area contributed by atoms with Gasteiger partial charge < -0.3 is 18.9 Å². The molecule has 0 radical (unpaired) electrons. The van der Waals surface area contributed by atoms with E-state index in [1.807, 2.05) is 0 Å². The molecule has 5 nitrogen and oxygen atoms in total. The maximum absolute atomic E-state index is 14.6. The Morgan fingerprint density at radius 2 is 1.93 bits per heavy atom. The van der Waals surface area contributed by atoms with E-state index in [0.717, 1.165) is 26.2 Å². The lowest BCUT2D eigenvalue weighted by molar-refractivity contribution is -0.274. The molecule has 1 aliphatic heterocycles. The maximum Gasteiger partial charge on any atom is 0.417 e. The summed E-state index contributed by atoms with van der Waals surface area (Å²) in [4.78, 5) is 12.3. The SMILES string of the molecule is CCOC(=O)C1OC(C)(C(F)(F)F)C(C)C1c1ccc(OC(F)F)c(F)c1OC. The summed E-state index contributed by atoms with van der Waals surface area (Å²) in [5, 5.41) is 0. The lowest BCUT2D eigenvalue weighted by Gasteiger charge is -2.32. The van der Waals surface area contributed by atoms with Crippen LogP contribution in [0, 0.1) is 11.7 Å². The molecular weight excluding hydrogens is 410 g/mol. The smallest absolute Gasteiger partial charge is 0.417 e. The monoisotopic (exact) mass is 430 g/mol. The van der Waals surface area contributed by atoms with Crippen molar-refractivity contribution in [1.29, 1.82) is 0 Å². The lowest BCUT2D eigenvalue weighted by atomic mass is 9.77. The van der Waals surface area contributed by atoms with Gasteiger partial charge in [0.25, 0.3) is 0 Å². The molecule has 1 aromatic rings. The second kappa shape index (κ2) is 8.29. The number of halogens is 6. The fourth-order valence-corrected chi connectivity index (χ4v) is 3.44. The summed E-state index contributed by atoms with van der Waals surface area (Å²) in [7, 11) is 1.01. The Bertz CT molecular complexity index is 753. The van der Waals surface area contributed by atoms with Crippen LogP contribution >= 0.6 is 0 Å². The Kier molecular flexibility index (Phi) is 6.61. The van der Waals surface area contributed by atoms with Crippen LogP contribution in [0.15, 0.2) is 12.1 Å². The summed E-state index contributed by atoms with van der Waals surface area (Å²) in [6.45, 7) is -0.00555. The highest BCUT2D eigenvalue weighted by atomic mass is 19.4. The van der Waals surface area contributed by atoms with Crippen molar-refractivity contribution in [1.82, 2.24) is 0 Å². The van der Waals surface area contributed by atoms with Gasteiger partial charge in [0.1, 0.15) is 0 Å². The Hall–Kier alpha value is -2.17. The minimum atomic E-state index is -4.85. The van der Waals surface area contributed by atoms with E-state index in [-0.39, 0.29) is 12.2 Å². The van der Waals surface area contributed by atoms with Crippen molar-refractivity contribution in [3.63, 3.8) is 0 Å². The van der Waals surface area contributed by atoms with Gasteiger partial charge in [-0.1, -0.05) is 13.0 Å². The number of carbonyl (C=O) groups is 1. The third-order valence-electron chi connectivity index (χ3n) is 5.06. The molecule has 0 spiro atoms. The molecule has 164 valence electrons. The van der Waals surface area contributed by atoms with Crippen LogP contribution in [0.2, 0.25) is 0 Å². The summed E-state index contributed by atoms with van der Waals surface area (Å²) in [6.07, 6.45) is -6.57. The molecule has 0 saturated carbocycles. The highest BCUT2D eigenvalue weighted by Gasteiger charge is 2.66. The zero-order valence-corrected chi connectivity index (χ0v) is 16.0. The Balaban J connectivity index is 2.62. The molecule has 0 aliphatic carbocycles. The van der Waals surface area contributed by atoms with Crippen LogP contribution < -0.4 is 9.47 Å². The molecule has 1 aromatic carbocycles. The zero-order valence-electron chi connectivity index (χ0n) is 16.0. The Morgan fingerprint density at radius 3 is 2.41 bits per heavy atom. The van der Waals surface area contributed by atoms with E-state index in [4.69, 9.17) is 14.2 Å². The van der Waals surface area contributed by atoms with Gasteiger partial charge in [-0.3, -0.25) is 0 Å². The van der Waals surface area contributed by atoms with E-state index in [1.165, 1.54) is 13.8 Å². The number of alkyl halides is 5. The predicted molar refractivity (Wildman–Crippen MR) is 87.5 cm³/mol. The number of hydrogen-bond donors (Lipinski definition) is 0. The van der Waals surface area contributed by atoms with Crippen LogP contribution in [0.25, 0.3) is 0 Å². The van der Waals surface area contributed by atoms with Gasteiger partial charge in [-0.05, 0) is 19.9 Å². The first-order valence-corrected chi connectivity index (χ1v) is 8.61. The molecule has 4 atom stereocenters. The second-order valence-corrected chi connectivity index (χ2v) is 6.59. The molecule has 11 heteroatoms. The summed E-state index contributed by atoms with van der Waals surface area (Å²) in [6, 6.07) is 1.90. The van der Waals surface area contributed by atoms with Gasteiger partial charge >= 0.3 is 18.8 Å². The Labute approximate surface area is 162 Å². The first kappa shape index (κ1) is 23.1. The number of rotatable bonds is 6. The van der Waals surface area contributed by atoms with Crippen molar-refractivity contribution < 1.29 is 50.1 Å². The average Bonchev–Trinajstić information content (AvgIpc) is 2.89. The van der Waals surface area contributed by atoms with Crippen LogP contribution in [0.1, 0.15) is 32.3 Å². The molecule has 1 fully saturated rings. The van der Waals surface area contributed by atoms with Crippen LogP contribution in [-0.4, -0.2) is 44.2 Å². The molecule has 1 heterocycles. The predicted octanol–water partition coefficient (Wildman–Crippen LogP) is 4.44. The topological polar surface area (TPSA) is 54.0 Å². The van der Waals surface area contributed by atoms with Crippen molar-refractivity contribution in [3.05, 3.63) is 23.5 Å². The molecule has 0 aromatic heterocycles. The third kappa shape index (κ3) is 4.10. The van der Waals surface area contributed by atoms with Gasteiger partial charge in [0.05, 0.1) is 13.7 Å². The number of benzene rings is 1. The molecule has 0 N–H and O–H groups in total. The average molecular weight is 430 g/mol. The molecule has 1 aliphatic rings. The summed E-state index contributed by atoms with van der Waals surface area (Å²) >= 11 is 0. The van der Waals surface area contributed by atoms with E-state index in [2.05, 4.69) is 4.74 Å². The molecule has 0 amide bonds. The van der Waals surface area contributed by atoms with Crippen molar-refractivity contribution in [2.24, 2.45) is 5.92 Å². The maximum atomic E-state index is 14.6. The van der Waals surface area contributed by atoms with Gasteiger partial charge in [-0.15, -0.1) is 0 Å². The summed E-state index contributed by atoms with van der Waals surface area (Å²) < 4.78 is 99.5. The third-order valence-corrected chi connectivity index (χ3v) is 5.06. The van der Waals surface area contributed by atoms with Crippen LogP contribution in [0.3, 0.4) is 0 Å². The fraction of sp³-hybridized carbons (Fsp3) is 0.611. The normalized spacial score (nSPS) is 27.2. The van der Waals surface area contributed by atoms with Crippen LogP contribution in [0.5, 0.6) is 11.5 Å². The largest absolute Gasteiger partial charge is 0.493 e. The molecule has 2 rings (SSSR count). The number of esters is 1. The first-order valence-electron chi connectivity index (χ1n) is 8.61. The summed E-state index contributed by atoms with van der Waals surface area (Å²) in [5.74, 6) is -6.56. The number of carbonyl (C=O) groups excluding carboxylic acids is 1. The van der Waals surface area contributed by atoms with Crippen LogP contribution in [0.4, 0.5) is 26.3 Å². The highest BCUT2D eigenvalue weighted by Crippen LogP contribution is 2.55. The minimum absolute atomic E-state index is 0.116. The number of methoxy groups -OCH3 is 1. The van der Waals surface area contributed by atoms with Gasteiger partial charge in [0.2, 0.25) is 5.82 Å². The molecule has 1 saturated heterocycles. The van der Waals surface area contributed by atoms with Gasteiger partial charge in [-0.25, -0.2) is 4.79 Å². The zero-order chi connectivity index (χ0) is 22.1. The highest BCUT2D eigenvalue weighted by molar-refractivity contribution is 5.77. The van der Waals surface area contributed by atoms with Crippen molar-refractivity contribution in [2.45, 2.75) is 51.2 Å². The van der Waals surface area contributed by atoms with Gasteiger partial charge in [-0.2, -0.15) is 26.3 Å². The Morgan fingerprint density at radius 1 is 1.31 bits per heavy atom. The van der Waals surface area contributed by atoms with E-state index in [9.17, 15) is 31.1 Å². The van der Waals surface area contributed by atoms with Crippen LogP contribution in [-0.2, 0) is 14.3 Å². The molecule has 0 bridgehead atoms. The molecule has 4 unspecified atom stereocenters. The van der Waals surface area contributed by atoms with Crippen molar-refractivity contribution in [2.75, 3.05) is 13.7 Å². The fourth-order valence-electron chi connectivity index (χ4n) is 3.44. The minimum Gasteiger partial charge on any atom is -0.493 e. The standard InChI is InChI=1S/C18H20F6O5/c1-5-27-15(25)14-11(8(2)17(3,29-14)18(22,23)24)9-6-7-10(28-16(20)21)12(19)13(9)26-4/h6-8,11,14,16H,5H2,1-4H3. The van der Waals surface area contributed by atoms with E-state index in [0.29, 0.717) is 0 Å². The van der Waals surface area contributed by atoms with Crippen molar-refractivity contribution >= 4 is 5.97 Å². The van der Waals surface area contributed by atoms with E-state index in [1.54, 1.807) is 0 Å². The molecular formula is C18H20F6O5.